The summed E-state index contributed by atoms with van der Waals surface area (Å²) >= 11 is 0. The molecule has 1 aromatic carbocycles. The summed E-state index contributed by atoms with van der Waals surface area (Å²) in [4.78, 5) is 4.33. The Morgan fingerprint density at radius 2 is 1.90 bits per heavy atom. The van der Waals surface area contributed by atoms with Gasteiger partial charge in [0.1, 0.15) is 17.9 Å². The van der Waals surface area contributed by atoms with Crippen LogP contribution in [-0.4, -0.2) is 27.9 Å². The molecular formula is C16H24N4O. The Morgan fingerprint density at radius 3 is 2.52 bits per heavy atom. The fourth-order valence-electron chi connectivity index (χ4n) is 2.32. The number of rotatable bonds is 7. The predicted molar refractivity (Wildman–Crippen MR) is 83.2 cm³/mol. The van der Waals surface area contributed by atoms with Crippen molar-refractivity contribution in [2.24, 2.45) is 11.7 Å². The zero-order valence-electron chi connectivity index (χ0n) is 13.0. The first-order valence-electron chi connectivity index (χ1n) is 7.33. The van der Waals surface area contributed by atoms with E-state index in [0.717, 1.165) is 31.0 Å². The topological polar surface area (TPSA) is 66.0 Å². The smallest absolute Gasteiger partial charge is 0.138 e. The van der Waals surface area contributed by atoms with Crippen LogP contribution in [0.25, 0.3) is 0 Å². The van der Waals surface area contributed by atoms with Crippen LogP contribution in [0.3, 0.4) is 0 Å². The Balaban J connectivity index is 1.94. The van der Waals surface area contributed by atoms with Crippen molar-refractivity contribution in [2.45, 2.75) is 39.3 Å². The van der Waals surface area contributed by atoms with Gasteiger partial charge in [-0.2, -0.15) is 5.10 Å². The Labute approximate surface area is 126 Å². The first-order valence-corrected chi connectivity index (χ1v) is 7.33. The monoisotopic (exact) mass is 288 g/mol. The molecule has 0 fully saturated rings. The van der Waals surface area contributed by atoms with Crippen molar-refractivity contribution < 1.29 is 4.74 Å². The highest BCUT2D eigenvalue weighted by atomic mass is 16.5. The summed E-state index contributed by atoms with van der Waals surface area (Å²) in [5.41, 5.74) is 7.46. The highest BCUT2D eigenvalue weighted by molar-refractivity contribution is 5.27. The third-order valence-electron chi connectivity index (χ3n) is 3.34. The molecule has 1 heterocycles. The molecule has 1 unspecified atom stereocenters. The number of nitrogens with two attached hydrogens (primary N) is 1. The number of hydrogen-bond donors (Lipinski definition) is 1. The molecular weight excluding hydrogens is 264 g/mol. The Bertz CT molecular complexity index is 548. The summed E-state index contributed by atoms with van der Waals surface area (Å²) in [5, 5.41) is 4.27. The van der Waals surface area contributed by atoms with Crippen LogP contribution < -0.4 is 10.5 Å². The van der Waals surface area contributed by atoms with E-state index in [9.17, 15) is 0 Å². The van der Waals surface area contributed by atoms with E-state index >= 15 is 0 Å². The maximum atomic E-state index is 6.25. The molecule has 0 saturated heterocycles. The van der Waals surface area contributed by atoms with Crippen molar-refractivity contribution in [3.05, 3.63) is 42.0 Å². The quantitative estimate of drug-likeness (QED) is 0.847. The van der Waals surface area contributed by atoms with E-state index in [2.05, 4.69) is 36.1 Å². The second-order valence-electron chi connectivity index (χ2n) is 5.77. The maximum Gasteiger partial charge on any atom is 0.138 e. The number of methoxy groups -OCH3 is 1. The highest BCUT2D eigenvalue weighted by Gasteiger charge is 2.12. The third-order valence-corrected chi connectivity index (χ3v) is 3.34. The van der Waals surface area contributed by atoms with Gasteiger partial charge >= 0.3 is 0 Å². The molecule has 0 radical (unpaired) electrons. The zero-order valence-corrected chi connectivity index (χ0v) is 13.0. The lowest BCUT2D eigenvalue weighted by atomic mass is 10.0. The normalized spacial score (nSPS) is 12.6. The van der Waals surface area contributed by atoms with Crippen molar-refractivity contribution in [3.63, 3.8) is 0 Å². The van der Waals surface area contributed by atoms with Gasteiger partial charge in [0.2, 0.25) is 0 Å². The average molecular weight is 288 g/mol. The van der Waals surface area contributed by atoms with Gasteiger partial charge in [-0.05, 0) is 30.0 Å². The molecule has 0 amide bonds. The van der Waals surface area contributed by atoms with Crippen LogP contribution in [0.15, 0.2) is 30.6 Å². The van der Waals surface area contributed by atoms with E-state index in [1.807, 2.05) is 16.8 Å². The summed E-state index contributed by atoms with van der Waals surface area (Å²) in [7, 11) is 1.67. The van der Waals surface area contributed by atoms with E-state index in [1.54, 1.807) is 13.4 Å². The molecule has 2 rings (SSSR count). The Morgan fingerprint density at radius 1 is 1.19 bits per heavy atom. The molecule has 1 aromatic heterocycles. The largest absolute Gasteiger partial charge is 0.497 e. The molecule has 5 heteroatoms. The van der Waals surface area contributed by atoms with Crippen LogP contribution >= 0.6 is 0 Å². The van der Waals surface area contributed by atoms with Gasteiger partial charge in [0.25, 0.3) is 0 Å². The molecule has 21 heavy (non-hydrogen) atoms. The van der Waals surface area contributed by atoms with Crippen molar-refractivity contribution in [3.8, 4) is 5.75 Å². The van der Waals surface area contributed by atoms with E-state index in [4.69, 9.17) is 10.5 Å². The summed E-state index contributed by atoms with van der Waals surface area (Å²) in [5.74, 6) is 2.37. The summed E-state index contributed by atoms with van der Waals surface area (Å²) < 4.78 is 7.12. The van der Waals surface area contributed by atoms with E-state index in [-0.39, 0.29) is 6.04 Å². The predicted octanol–water partition coefficient (Wildman–Crippen LogP) is 2.06. The summed E-state index contributed by atoms with van der Waals surface area (Å²) in [6.07, 6.45) is 3.16. The SMILES string of the molecule is COc1ccc(CC(N)Cc2ncnn2CC(C)C)cc1. The van der Waals surface area contributed by atoms with Crippen LogP contribution in [-0.2, 0) is 19.4 Å². The number of aromatic nitrogens is 3. The van der Waals surface area contributed by atoms with Gasteiger partial charge in [-0.15, -0.1) is 0 Å². The molecule has 1 atom stereocenters. The van der Waals surface area contributed by atoms with Crippen molar-refractivity contribution in [1.29, 1.82) is 0 Å². The van der Waals surface area contributed by atoms with Gasteiger partial charge in [-0.3, -0.25) is 0 Å². The first-order chi connectivity index (χ1) is 10.1. The Hall–Kier alpha value is -1.88. The fraction of sp³-hybridized carbons (Fsp3) is 0.500. The summed E-state index contributed by atoms with van der Waals surface area (Å²) in [6, 6.07) is 8.07. The van der Waals surface area contributed by atoms with E-state index in [0.29, 0.717) is 5.92 Å². The second-order valence-corrected chi connectivity index (χ2v) is 5.77. The molecule has 5 nitrogen and oxygen atoms in total. The number of nitrogens with zero attached hydrogens (tertiary/aromatic N) is 3. The van der Waals surface area contributed by atoms with Gasteiger partial charge in [-0.1, -0.05) is 26.0 Å². The summed E-state index contributed by atoms with van der Waals surface area (Å²) in [6.45, 7) is 5.22. The van der Waals surface area contributed by atoms with Crippen LogP contribution in [0.1, 0.15) is 25.2 Å². The van der Waals surface area contributed by atoms with Gasteiger partial charge < -0.3 is 10.5 Å². The first kappa shape index (κ1) is 15.5. The minimum Gasteiger partial charge on any atom is -0.497 e. The molecule has 2 aromatic rings. The number of hydrogen-bond acceptors (Lipinski definition) is 4. The lowest BCUT2D eigenvalue weighted by Crippen LogP contribution is -2.27. The maximum absolute atomic E-state index is 6.25. The zero-order chi connectivity index (χ0) is 15.2. The molecule has 0 saturated carbocycles. The molecule has 0 bridgehead atoms. The molecule has 2 N–H and O–H groups in total. The molecule has 0 aliphatic rings. The molecule has 0 aliphatic carbocycles. The minimum absolute atomic E-state index is 0.0357. The van der Waals surface area contributed by atoms with Gasteiger partial charge in [0.05, 0.1) is 7.11 Å². The van der Waals surface area contributed by atoms with E-state index < -0.39 is 0 Å². The Kier molecular flexibility index (Phi) is 5.33. The third kappa shape index (κ3) is 4.56. The van der Waals surface area contributed by atoms with Gasteiger partial charge in [-0.25, -0.2) is 9.67 Å². The second kappa shape index (κ2) is 7.22. The minimum atomic E-state index is 0.0357. The van der Waals surface area contributed by atoms with Crippen molar-refractivity contribution in [1.82, 2.24) is 14.8 Å². The fourth-order valence-corrected chi connectivity index (χ4v) is 2.32. The number of benzene rings is 1. The average Bonchev–Trinajstić information content (AvgIpc) is 2.86. The van der Waals surface area contributed by atoms with Crippen LogP contribution in [0.4, 0.5) is 0 Å². The standard InChI is InChI=1S/C16H24N4O/c1-12(2)10-20-16(18-11-19-20)9-14(17)8-13-4-6-15(21-3)7-5-13/h4-7,11-12,14H,8-10,17H2,1-3H3. The molecule has 0 spiro atoms. The van der Waals surface area contributed by atoms with Crippen LogP contribution in [0, 0.1) is 5.92 Å². The lowest BCUT2D eigenvalue weighted by Gasteiger charge is -2.13. The van der Waals surface area contributed by atoms with Gasteiger partial charge in [0, 0.05) is 19.0 Å². The van der Waals surface area contributed by atoms with Crippen LogP contribution in [0.5, 0.6) is 5.75 Å². The highest BCUT2D eigenvalue weighted by Crippen LogP contribution is 2.13. The molecule has 114 valence electrons. The van der Waals surface area contributed by atoms with Crippen molar-refractivity contribution >= 4 is 0 Å². The van der Waals surface area contributed by atoms with Gasteiger partial charge in [0.15, 0.2) is 0 Å². The molecule has 0 aliphatic heterocycles. The van der Waals surface area contributed by atoms with Crippen molar-refractivity contribution in [2.75, 3.05) is 7.11 Å². The number of ether oxygens (including phenoxy) is 1. The van der Waals surface area contributed by atoms with E-state index in [1.165, 1.54) is 5.56 Å². The lowest BCUT2D eigenvalue weighted by molar-refractivity contribution is 0.414. The van der Waals surface area contributed by atoms with Crippen LogP contribution in [0.2, 0.25) is 0 Å².